The lowest BCUT2D eigenvalue weighted by Gasteiger charge is -2.33. The zero-order valence-corrected chi connectivity index (χ0v) is 14.7. The number of fused-ring (bicyclic) bond motifs is 1. The summed E-state index contributed by atoms with van der Waals surface area (Å²) in [5.74, 6) is 0.136. The van der Waals surface area contributed by atoms with E-state index in [0.717, 1.165) is 25.9 Å². The zero-order valence-electron chi connectivity index (χ0n) is 13.8. The molecule has 3 nitrogen and oxygen atoms in total. The van der Waals surface area contributed by atoms with E-state index >= 15 is 0 Å². The highest BCUT2D eigenvalue weighted by molar-refractivity contribution is 7.09. The number of benzene rings is 1. The van der Waals surface area contributed by atoms with Crippen molar-refractivity contribution in [3.05, 3.63) is 57.3 Å². The summed E-state index contributed by atoms with van der Waals surface area (Å²) >= 11 is 1.74. The van der Waals surface area contributed by atoms with Crippen LogP contribution >= 0.6 is 11.3 Å². The third kappa shape index (κ3) is 4.01. The molecule has 1 unspecified atom stereocenters. The predicted octanol–water partition coefficient (Wildman–Crippen LogP) is 3.16. The third-order valence-corrected chi connectivity index (χ3v) is 5.52. The van der Waals surface area contributed by atoms with Gasteiger partial charge in [0.15, 0.2) is 0 Å². The van der Waals surface area contributed by atoms with Crippen LogP contribution in [-0.2, 0) is 24.2 Å². The summed E-state index contributed by atoms with van der Waals surface area (Å²) in [7, 11) is 0. The summed E-state index contributed by atoms with van der Waals surface area (Å²) in [6.07, 6.45) is 1.95. The van der Waals surface area contributed by atoms with E-state index in [1.165, 1.54) is 21.6 Å². The molecule has 4 heteroatoms. The van der Waals surface area contributed by atoms with E-state index in [2.05, 4.69) is 52.9 Å². The summed E-state index contributed by atoms with van der Waals surface area (Å²) in [5, 5.41) is 5.15. The van der Waals surface area contributed by atoms with Gasteiger partial charge in [0.05, 0.1) is 6.04 Å². The first kappa shape index (κ1) is 16.2. The van der Waals surface area contributed by atoms with E-state index in [-0.39, 0.29) is 11.9 Å². The molecule has 1 aromatic carbocycles. The molecule has 1 aromatic heterocycles. The lowest BCUT2D eigenvalue weighted by molar-refractivity contribution is -0.126. The Kier molecular flexibility index (Phi) is 5.13. The minimum Gasteiger partial charge on any atom is -0.354 e. The fraction of sp³-hybridized carbons (Fsp3) is 0.421. The van der Waals surface area contributed by atoms with E-state index in [4.69, 9.17) is 0 Å². The third-order valence-electron chi connectivity index (χ3n) is 4.58. The van der Waals surface area contributed by atoms with Crippen molar-refractivity contribution in [1.82, 2.24) is 10.2 Å². The summed E-state index contributed by atoms with van der Waals surface area (Å²) in [6.45, 7) is 6.69. The standard InChI is InChI=1S/C19H24N2OS/c1-14-5-6-17-13-21(10-8-16(17)12-14)15(2)19(22)20-9-7-18-4-3-11-23-18/h3-6,11-12,15H,7-10,13H2,1-2H3,(H,20,22). The van der Waals surface area contributed by atoms with Gasteiger partial charge in [-0.2, -0.15) is 0 Å². The smallest absolute Gasteiger partial charge is 0.237 e. The van der Waals surface area contributed by atoms with Crippen molar-refractivity contribution < 1.29 is 4.79 Å². The molecule has 1 N–H and O–H groups in total. The molecule has 2 aromatic rings. The maximum absolute atomic E-state index is 12.4. The van der Waals surface area contributed by atoms with Crippen LogP contribution < -0.4 is 5.32 Å². The van der Waals surface area contributed by atoms with E-state index in [9.17, 15) is 4.79 Å². The highest BCUT2D eigenvalue weighted by Gasteiger charge is 2.25. The molecule has 0 radical (unpaired) electrons. The molecule has 122 valence electrons. The number of nitrogens with zero attached hydrogens (tertiary/aromatic N) is 1. The summed E-state index contributed by atoms with van der Waals surface area (Å²) in [6, 6.07) is 10.7. The largest absolute Gasteiger partial charge is 0.354 e. The SMILES string of the molecule is Cc1ccc2c(c1)CCN(C(C)C(=O)NCCc1cccs1)C2. The Morgan fingerprint density at radius 2 is 2.22 bits per heavy atom. The van der Waals surface area contributed by atoms with E-state index in [1.807, 2.05) is 6.92 Å². The Balaban J connectivity index is 1.52. The number of carbonyl (C=O) groups is 1. The molecule has 0 saturated carbocycles. The fourth-order valence-electron chi connectivity index (χ4n) is 3.11. The second kappa shape index (κ2) is 7.28. The predicted molar refractivity (Wildman–Crippen MR) is 95.8 cm³/mol. The minimum absolute atomic E-state index is 0.0761. The van der Waals surface area contributed by atoms with Gasteiger partial charge in [0.1, 0.15) is 0 Å². The van der Waals surface area contributed by atoms with E-state index in [0.29, 0.717) is 6.54 Å². The first-order valence-electron chi connectivity index (χ1n) is 8.26. The van der Waals surface area contributed by atoms with Crippen LogP contribution in [0.4, 0.5) is 0 Å². The molecular formula is C19H24N2OS. The second-order valence-electron chi connectivity index (χ2n) is 6.29. The van der Waals surface area contributed by atoms with Gasteiger partial charge in [-0.05, 0) is 49.3 Å². The topological polar surface area (TPSA) is 32.3 Å². The van der Waals surface area contributed by atoms with Crippen LogP contribution in [0.2, 0.25) is 0 Å². The summed E-state index contributed by atoms with van der Waals surface area (Å²) < 4.78 is 0. The maximum Gasteiger partial charge on any atom is 0.237 e. The van der Waals surface area contributed by atoms with Crippen molar-refractivity contribution in [2.75, 3.05) is 13.1 Å². The fourth-order valence-corrected chi connectivity index (χ4v) is 3.82. The molecule has 1 amide bonds. The number of amides is 1. The molecule has 0 fully saturated rings. The minimum atomic E-state index is -0.0761. The lowest BCUT2D eigenvalue weighted by Crippen LogP contribution is -2.47. The van der Waals surface area contributed by atoms with Gasteiger partial charge in [-0.3, -0.25) is 9.69 Å². The van der Waals surface area contributed by atoms with Crippen LogP contribution in [0, 0.1) is 6.92 Å². The van der Waals surface area contributed by atoms with Crippen molar-refractivity contribution in [2.24, 2.45) is 0 Å². The molecule has 1 atom stereocenters. The number of nitrogens with one attached hydrogen (secondary N) is 1. The Morgan fingerprint density at radius 1 is 1.35 bits per heavy atom. The van der Waals surface area contributed by atoms with Crippen molar-refractivity contribution in [3.8, 4) is 0 Å². The second-order valence-corrected chi connectivity index (χ2v) is 7.32. The number of thiophene rings is 1. The average Bonchev–Trinajstić information content (AvgIpc) is 3.07. The first-order chi connectivity index (χ1) is 11.1. The Morgan fingerprint density at radius 3 is 3.00 bits per heavy atom. The molecule has 0 bridgehead atoms. The maximum atomic E-state index is 12.4. The number of carbonyl (C=O) groups excluding carboxylic acids is 1. The van der Waals surface area contributed by atoms with Gasteiger partial charge in [-0.15, -0.1) is 11.3 Å². The normalized spacial score (nSPS) is 15.9. The summed E-state index contributed by atoms with van der Waals surface area (Å²) in [5.41, 5.74) is 4.11. The number of rotatable bonds is 5. The van der Waals surface area contributed by atoms with Crippen molar-refractivity contribution in [2.45, 2.75) is 39.3 Å². The van der Waals surface area contributed by atoms with Crippen LogP contribution in [0.25, 0.3) is 0 Å². The van der Waals surface area contributed by atoms with Crippen LogP contribution in [-0.4, -0.2) is 29.9 Å². The number of hydrogen-bond acceptors (Lipinski definition) is 3. The molecule has 0 spiro atoms. The van der Waals surface area contributed by atoms with Crippen LogP contribution in [0.5, 0.6) is 0 Å². The Hall–Kier alpha value is -1.65. The quantitative estimate of drug-likeness (QED) is 0.914. The van der Waals surface area contributed by atoms with Crippen LogP contribution in [0.1, 0.15) is 28.5 Å². The lowest BCUT2D eigenvalue weighted by atomic mass is 9.96. The van der Waals surface area contributed by atoms with E-state index < -0.39 is 0 Å². The molecular weight excluding hydrogens is 304 g/mol. The Bertz CT molecular complexity index is 666. The van der Waals surface area contributed by atoms with E-state index in [1.54, 1.807) is 11.3 Å². The van der Waals surface area contributed by atoms with Gasteiger partial charge in [0, 0.05) is 24.5 Å². The van der Waals surface area contributed by atoms with Gasteiger partial charge in [0.25, 0.3) is 0 Å². The van der Waals surface area contributed by atoms with Gasteiger partial charge in [-0.1, -0.05) is 29.8 Å². The number of aryl methyl sites for hydroxylation is 1. The van der Waals surface area contributed by atoms with Gasteiger partial charge < -0.3 is 5.32 Å². The Labute approximate surface area is 142 Å². The van der Waals surface area contributed by atoms with Gasteiger partial charge >= 0.3 is 0 Å². The van der Waals surface area contributed by atoms with Crippen molar-refractivity contribution >= 4 is 17.2 Å². The van der Waals surface area contributed by atoms with Crippen LogP contribution in [0.15, 0.2) is 35.7 Å². The molecule has 1 aliphatic heterocycles. The number of hydrogen-bond donors (Lipinski definition) is 1. The highest BCUT2D eigenvalue weighted by atomic mass is 32.1. The molecule has 0 saturated heterocycles. The van der Waals surface area contributed by atoms with Crippen LogP contribution in [0.3, 0.4) is 0 Å². The summed E-state index contributed by atoms with van der Waals surface area (Å²) in [4.78, 5) is 16.0. The average molecular weight is 328 g/mol. The monoisotopic (exact) mass is 328 g/mol. The highest BCUT2D eigenvalue weighted by Crippen LogP contribution is 2.21. The molecule has 0 aliphatic carbocycles. The molecule has 23 heavy (non-hydrogen) atoms. The van der Waals surface area contributed by atoms with Gasteiger partial charge in [0.2, 0.25) is 5.91 Å². The van der Waals surface area contributed by atoms with Crippen molar-refractivity contribution in [1.29, 1.82) is 0 Å². The molecule has 3 rings (SSSR count). The molecule has 1 aliphatic rings. The first-order valence-corrected chi connectivity index (χ1v) is 9.14. The van der Waals surface area contributed by atoms with Gasteiger partial charge in [-0.25, -0.2) is 0 Å². The molecule has 2 heterocycles. The zero-order chi connectivity index (χ0) is 16.2. The van der Waals surface area contributed by atoms with Crippen molar-refractivity contribution in [3.63, 3.8) is 0 Å².